The Balaban J connectivity index is 1.40. The fraction of sp³-hybridized carbons (Fsp3) is 0.391. The van der Waals surface area contributed by atoms with Crippen LogP contribution in [0.5, 0.6) is 0 Å². The average molecular weight is 365 g/mol. The molecule has 2 aromatic rings. The second-order valence-electron chi connectivity index (χ2n) is 7.86. The lowest BCUT2D eigenvalue weighted by Crippen LogP contribution is -2.31. The molecule has 2 aromatic carbocycles. The van der Waals surface area contributed by atoms with Gasteiger partial charge in [-0.1, -0.05) is 56.3 Å². The summed E-state index contributed by atoms with van der Waals surface area (Å²) in [4.78, 5) is 26.2. The van der Waals surface area contributed by atoms with Crippen molar-refractivity contribution in [2.45, 2.75) is 39.7 Å². The van der Waals surface area contributed by atoms with Crippen LogP contribution in [-0.4, -0.2) is 29.9 Å². The van der Waals surface area contributed by atoms with Crippen molar-refractivity contribution in [3.63, 3.8) is 0 Å². The molecule has 1 aliphatic rings. The van der Waals surface area contributed by atoms with E-state index in [1.807, 2.05) is 18.2 Å². The van der Waals surface area contributed by atoms with Gasteiger partial charge in [-0.25, -0.2) is 0 Å². The highest BCUT2D eigenvalue weighted by Crippen LogP contribution is 2.28. The molecule has 0 bridgehead atoms. The van der Waals surface area contributed by atoms with E-state index in [4.69, 9.17) is 4.74 Å². The fourth-order valence-corrected chi connectivity index (χ4v) is 3.40. The molecule has 4 heteroatoms. The zero-order valence-corrected chi connectivity index (χ0v) is 16.1. The Morgan fingerprint density at radius 2 is 1.44 bits per heavy atom. The molecule has 2 amide bonds. The Hall–Kier alpha value is -2.46. The molecule has 0 N–H and O–H groups in total. The summed E-state index contributed by atoms with van der Waals surface area (Å²) in [5.74, 6) is -0.334. The van der Waals surface area contributed by atoms with Gasteiger partial charge in [0.2, 0.25) is 0 Å². The van der Waals surface area contributed by atoms with Crippen molar-refractivity contribution in [1.82, 2.24) is 4.90 Å². The van der Waals surface area contributed by atoms with Crippen molar-refractivity contribution in [3.05, 3.63) is 71.3 Å². The van der Waals surface area contributed by atoms with Crippen LogP contribution in [0.4, 0.5) is 0 Å². The lowest BCUT2D eigenvalue weighted by Gasteiger charge is -2.25. The first-order valence-corrected chi connectivity index (χ1v) is 9.55. The number of hydrogen-bond donors (Lipinski definition) is 0. The summed E-state index contributed by atoms with van der Waals surface area (Å²) in [5, 5.41) is 0. The van der Waals surface area contributed by atoms with Crippen molar-refractivity contribution in [2.24, 2.45) is 5.41 Å². The van der Waals surface area contributed by atoms with E-state index in [-0.39, 0.29) is 17.2 Å². The predicted molar refractivity (Wildman–Crippen MR) is 106 cm³/mol. The number of rotatable bonds is 9. The predicted octanol–water partition coefficient (Wildman–Crippen LogP) is 4.70. The van der Waals surface area contributed by atoms with Gasteiger partial charge in [0, 0.05) is 13.2 Å². The number of imide groups is 1. The topological polar surface area (TPSA) is 46.6 Å². The quantitative estimate of drug-likeness (QED) is 0.478. The number of benzene rings is 2. The Morgan fingerprint density at radius 3 is 2.07 bits per heavy atom. The van der Waals surface area contributed by atoms with Gasteiger partial charge < -0.3 is 4.74 Å². The molecule has 0 radical (unpaired) electrons. The molecule has 142 valence electrons. The Bertz CT molecular complexity index is 763. The molecule has 0 saturated heterocycles. The minimum Gasteiger partial charge on any atom is -0.377 e. The van der Waals surface area contributed by atoms with Crippen molar-refractivity contribution in [2.75, 3.05) is 13.2 Å². The molecule has 1 heterocycles. The van der Waals surface area contributed by atoms with Gasteiger partial charge >= 0.3 is 0 Å². The van der Waals surface area contributed by atoms with Gasteiger partial charge in [0.05, 0.1) is 17.7 Å². The molecule has 0 aliphatic carbocycles. The molecule has 1 aliphatic heterocycles. The van der Waals surface area contributed by atoms with Crippen molar-refractivity contribution < 1.29 is 14.3 Å². The Morgan fingerprint density at radius 1 is 0.852 bits per heavy atom. The smallest absolute Gasteiger partial charge is 0.261 e. The number of hydrogen-bond acceptors (Lipinski definition) is 3. The number of amides is 2. The summed E-state index contributed by atoms with van der Waals surface area (Å²) in [5.41, 5.74) is 2.34. The highest BCUT2D eigenvalue weighted by molar-refractivity contribution is 6.21. The monoisotopic (exact) mass is 365 g/mol. The van der Waals surface area contributed by atoms with Gasteiger partial charge in [-0.15, -0.1) is 0 Å². The fourth-order valence-electron chi connectivity index (χ4n) is 3.40. The molecule has 0 spiro atoms. The molecule has 3 rings (SSSR count). The summed E-state index contributed by atoms with van der Waals surface area (Å²) in [7, 11) is 0. The van der Waals surface area contributed by atoms with Gasteiger partial charge in [-0.05, 0) is 42.4 Å². The molecule has 0 fully saturated rings. The Labute approximate surface area is 161 Å². The third kappa shape index (κ3) is 4.83. The second-order valence-corrected chi connectivity index (χ2v) is 7.86. The van der Waals surface area contributed by atoms with Gasteiger partial charge in [-0.2, -0.15) is 0 Å². The number of nitrogens with zero attached hydrogens (tertiary/aromatic N) is 1. The van der Waals surface area contributed by atoms with E-state index in [9.17, 15) is 9.59 Å². The lowest BCUT2D eigenvalue weighted by atomic mass is 9.84. The summed E-state index contributed by atoms with van der Waals surface area (Å²) in [6.07, 6.45) is 2.69. The zero-order valence-electron chi connectivity index (χ0n) is 16.1. The molecular formula is C23H27NO3. The third-order valence-electron chi connectivity index (χ3n) is 5.15. The minimum absolute atomic E-state index is 0.107. The molecule has 0 atom stereocenters. The SMILES string of the molecule is CC(C)(CCCN1C(=O)c2ccccc2C1=O)CCOCc1ccccc1. The summed E-state index contributed by atoms with van der Waals surface area (Å²) >= 11 is 0. The van der Waals surface area contributed by atoms with Crippen LogP contribution in [0.3, 0.4) is 0 Å². The zero-order chi connectivity index (χ0) is 19.3. The molecule has 0 aromatic heterocycles. The number of carbonyl (C=O) groups is 2. The molecule has 0 unspecified atom stereocenters. The first-order valence-electron chi connectivity index (χ1n) is 9.55. The van der Waals surface area contributed by atoms with Crippen LogP contribution in [0.15, 0.2) is 54.6 Å². The number of fused-ring (bicyclic) bond motifs is 1. The summed E-state index contributed by atoms with van der Waals surface area (Å²) < 4.78 is 5.79. The van der Waals surface area contributed by atoms with E-state index in [2.05, 4.69) is 26.0 Å². The van der Waals surface area contributed by atoms with Gasteiger partial charge in [0.25, 0.3) is 11.8 Å². The van der Waals surface area contributed by atoms with Gasteiger partial charge in [0.1, 0.15) is 0 Å². The van der Waals surface area contributed by atoms with Crippen LogP contribution in [0, 0.1) is 5.41 Å². The van der Waals surface area contributed by atoms with E-state index in [0.717, 1.165) is 19.3 Å². The normalized spacial score (nSPS) is 13.9. The maximum atomic E-state index is 12.4. The first-order chi connectivity index (χ1) is 13.0. The van der Waals surface area contributed by atoms with E-state index in [0.29, 0.717) is 30.9 Å². The highest BCUT2D eigenvalue weighted by atomic mass is 16.5. The second kappa shape index (κ2) is 8.49. The van der Waals surface area contributed by atoms with Crippen molar-refractivity contribution in [3.8, 4) is 0 Å². The summed E-state index contributed by atoms with van der Waals surface area (Å²) in [6.45, 7) is 6.23. The van der Waals surface area contributed by atoms with Crippen molar-refractivity contribution in [1.29, 1.82) is 0 Å². The van der Waals surface area contributed by atoms with Gasteiger partial charge in [0.15, 0.2) is 0 Å². The first kappa shape index (κ1) is 19.3. The van der Waals surface area contributed by atoms with Crippen LogP contribution in [0.25, 0.3) is 0 Å². The van der Waals surface area contributed by atoms with E-state index >= 15 is 0 Å². The highest BCUT2D eigenvalue weighted by Gasteiger charge is 2.34. The van der Waals surface area contributed by atoms with Crippen LogP contribution in [0.2, 0.25) is 0 Å². The molecule has 0 saturated carbocycles. The number of carbonyl (C=O) groups excluding carboxylic acids is 2. The summed E-state index contributed by atoms with van der Waals surface area (Å²) in [6, 6.07) is 17.2. The Kier molecular flexibility index (Phi) is 6.07. The third-order valence-corrected chi connectivity index (χ3v) is 5.15. The molecule has 27 heavy (non-hydrogen) atoms. The minimum atomic E-state index is -0.167. The largest absolute Gasteiger partial charge is 0.377 e. The van der Waals surface area contributed by atoms with E-state index < -0.39 is 0 Å². The van der Waals surface area contributed by atoms with Crippen LogP contribution < -0.4 is 0 Å². The van der Waals surface area contributed by atoms with Crippen molar-refractivity contribution >= 4 is 11.8 Å². The standard InChI is InChI=1S/C23H27NO3/c1-23(2,14-16-27-17-18-9-4-3-5-10-18)13-8-15-24-21(25)19-11-6-7-12-20(19)22(24)26/h3-7,9-12H,8,13-17H2,1-2H3. The van der Waals surface area contributed by atoms with Gasteiger partial charge in [-0.3, -0.25) is 14.5 Å². The number of ether oxygens (including phenoxy) is 1. The van der Waals surface area contributed by atoms with E-state index in [1.54, 1.807) is 24.3 Å². The molecular weight excluding hydrogens is 338 g/mol. The van der Waals surface area contributed by atoms with E-state index in [1.165, 1.54) is 10.5 Å². The molecule has 4 nitrogen and oxygen atoms in total. The maximum absolute atomic E-state index is 12.4. The van der Waals surface area contributed by atoms with Crippen LogP contribution in [0.1, 0.15) is 59.4 Å². The average Bonchev–Trinajstić information content (AvgIpc) is 2.91. The lowest BCUT2D eigenvalue weighted by molar-refractivity contribution is 0.0635. The van der Waals surface area contributed by atoms with Crippen LogP contribution in [-0.2, 0) is 11.3 Å². The van der Waals surface area contributed by atoms with Crippen LogP contribution >= 0.6 is 0 Å². The maximum Gasteiger partial charge on any atom is 0.261 e.